The lowest BCUT2D eigenvalue weighted by molar-refractivity contribution is 0.0663. The first-order valence-corrected chi connectivity index (χ1v) is 8.64. The van der Waals surface area contributed by atoms with Gasteiger partial charge in [-0.25, -0.2) is 0 Å². The van der Waals surface area contributed by atoms with Crippen LogP contribution < -0.4 is 0 Å². The van der Waals surface area contributed by atoms with Crippen molar-refractivity contribution in [2.24, 2.45) is 0 Å². The van der Waals surface area contributed by atoms with Gasteiger partial charge in [-0.3, -0.25) is 4.79 Å². The second-order valence-electron chi connectivity index (χ2n) is 6.65. The smallest absolute Gasteiger partial charge is 0.292 e. The Labute approximate surface area is 136 Å². The molecule has 2 aromatic rings. The number of fused-ring (bicyclic) bond motifs is 1. The topological polar surface area (TPSA) is 46.3 Å². The molecule has 1 unspecified atom stereocenters. The van der Waals surface area contributed by atoms with Crippen molar-refractivity contribution in [3.8, 4) is 0 Å². The van der Waals surface area contributed by atoms with E-state index in [0.29, 0.717) is 11.7 Å². The molecule has 23 heavy (non-hydrogen) atoms. The van der Waals surface area contributed by atoms with Crippen LogP contribution >= 0.6 is 0 Å². The summed E-state index contributed by atoms with van der Waals surface area (Å²) in [5.41, 5.74) is 3.38. The van der Waals surface area contributed by atoms with Crippen LogP contribution in [0, 0.1) is 0 Å². The van der Waals surface area contributed by atoms with Gasteiger partial charge in [0.2, 0.25) is 5.76 Å². The average molecular weight is 310 g/mol. The molecule has 120 valence electrons. The van der Waals surface area contributed by atoms with Gasteiger partial charge in [-0.05, 0) is 44.1 Å². The molecular formula is C19H22N2O2. The SMILES string of the molecule is O=C(c1onc2c1CCCC2)N1CCCC(c2ccccc2)C1. The van der Waals surface area contributed by atoms with Crippen LogP contribution in [-0.2, 0) is 12.8 Å². The zero-order chi connectivity index (χ0) is 15.6. The van der Waals surface area contributed by atoms with Crippen LogP contribution in [0.4, 0.5) is 0 Å². The molecule has 1 saturated heterocycles. The Balaban J connectivity index is 1.53. The molecule has 1 atom stereocenters. The molecule has 1 aliphatic carbocycles. The Hall–Kier alpha value is -2.10. The standard InChI is InChI=1S/C19H22N2O2/c22-19(18-16-10-4-5-11-17(16)20-23-18)21-12-6-9-15(13-21)14-7-2-1-3-8-14/h1-3,7-8,15H,4-6,9-13H2. The molecule has 2 heterocycles. The molecule has 4 heteroatoms. The van der Waals surface area contributed by atoms with Gasteiger partial charge in [0, 0.05) is 24.6 Å². The number of piperidine rings is 1. The summed E-state index contributed by atoms with van der Waals surface area (Å²) in [6.07, 6.45) is 6.33. The minimum absolute atomic E-state index is 0.0290. The van der Waals surface area contributed by atoms with Gasteiger partial charge in [0.15, 0.2) is 0 Å². The third-order valence-electron chi connectivity index (χ3n) is 5.13. The van der Waals surface area contributed by atoms with E-state index in [2.05, 4.69) is 29.4 Å². The molecular weight excluding hydrogens is 288 g/mol. The number of nitrogens with zero attached hydrogens (tertiary/aromatic N) is 2. The van der Waals surface area contributed by atoms with Crippen LogP contribution in [0.1, 0.15) is 59.0 Å². The van der Waals surface area contributed by atoms with Crippen LogP contribution in [-0.4, -0.2) is 29.1 Å². The van der Waals surface area contributed by atoms with E-state index < -0.39 is 0 Å². The van der Waals surface area contributed by atoms with Crippen LogP contribution in [0.5, 0.6) is 0 Å². The predicted molar refractivity (Wildman–Crippen MR) is 87.5 cm³/mol. The normalized spacial score (nSPS) is 21.0. The summed E-state index contributed by atoms with van der Waals surface area (Å²) >= 11 is 0. The highest BCUT2D eigenvalue weighted by atomic mass is 16.5. The molecule has 0 spiro atoms. The van der Waals surface area contributed by atoms with E-state index in [1.165, 1.54) is 5.56 Å². The van der Waals surface area contributed by atoms with Crippen molar-refractivity contribution in [2.75, 3.05) is 13.1 Å². The number of benzene rings is 1. The maximum absolute atomic E-state index is 12.9. The number of aryl methyl sites for hydroxylation is 1. The van der Waals surface area contributed by atoms with Gasteiger partial charge in [0.25, 0.3) is 5.91 Å². The first-order valence-electron chi connectivity index (χ1n) is 8.64. The quantitative estimate of drug-likeness (QED) is 0.852. The molecule has 1 amide bonds. The molecule has 1 aromatic heterocycles. The lowest BCUT2D eigenvalue weighted by Gasteiger charge is -2.32. The fourth-order valence-corrected chi connectivity index (χ4v) is 3.86. The summed E-state index contributed by atoms with van der Waals surface area (Å²) in [4.78, 5) is 14.9. The molecule has 0 saturated carbocycles. The average Bonchev–Trinajstić information content (AvgIpc) is 3.06. The zero-order valence-electron chi connectivity index (χ0n) is 13.3. The van der Waals surface area contributed by atoms with Gasteiger partial charge in [-0.2, -0.15) is 0 Å². The second kappa shape index (κ2) is 6.19. The van der Waals surface area contributed by atoms with Crippen molar-refractivity contribution in [3.05, 3.63) is 52.9 Å². The van der Waals surface area contributed by atoms with E-state index in [1.807, 2.05) is 11.0 Å². The van der Waals surface area contributed by atoms with Gasteiger partial charge >= 0.3 is 0 Å². The maximum Gasteiger partial charge on any atom is 0.292 e. The van der Waals surface area contributed by atoms with E-state index in [0.717, 1.165) is 62.9 Å². The molecule has 0 bridgehead atoms. The van der Waals surface area contributed by atoms with Crippen molar-refractivity contribution >= 4 is 5.91 Å². The number of hydrogen-bond acceptors (Lipinski definition) is 3. The first-order chi connectivity index (χ1) is 11.3. The van der Waals surface area contributed by atoms with Gasteiger partial charge < -0.3 is 9.42 Å². The van der Waals surface area contributed by atoms with Gasteiger partial charge in [-0.1, -0.05) is 35.5 Å². The third kappa shape index (κ3) is 2.78. The Morgan fingerprint density at radius 1 is 1.13 bits per heavy atom. The summed E-state index contributed by atoms with van der Waals surface area (Å²) in [5.74, 6) is 0.947. The minimum Gasteiger partial charge on any atom is -0.350 e. The number of rotatable bonds is 2. The molecule has 1 aromatic carbocycles. The summed E-state index contributed by atoms with van der Waals surface area (Å²) in [6, 6.07) is 10.5. The number of hydrogen-bond donors (Lipinski definition) is 0. The van der Waals surface area contributed by atoms with E-state index in [9.17, 15) is 4.79 Å². The summed E-state index contributed by atoms with van der Waals surface area (Å²) in [7, 11) is 0. The van der Waals surface area contributed by atoms with Crippen molar-refractivity contribution in [1.29, 1.82) is 0 Å². The summed E-state index contributed by atoms with van der Waals surface area (Å²) < 4.78 is 5.43. The van der Waals surface area contributed by atoms with Gasteiger partial charge in [0.05, 0.1) is 5.69 Å². The van der Waals surface area contributed by atoms with E-state index in [4.69, 9.17) is 4.52 Å². The van der Waals surface area contributed by atoms with E-state index in [-0.39, 0.29) is 5.91 Å². The molecule has 2 aliphatic rings. The first kappa shape index (κ1) is 14.5. The van der Waals surface area contributed by atoms with Crippen LogP contribution in [0.3, 0.4) is 0 Å². The molecule has 1 aliphatic heterocycles. The van der Waals surface area contributed by atoms with Gasteiger partial charge in [0.1, 0.15) is 0 Å². The van der Waals surface area contributed by atoms with E-state index in [1.54, 1.807) is 0 Å². The Bertz CT molecular complexity index is 693. The fraction of sp³-hybridized carbons (Fsp3) is 0.474. The Morgan fingerprint density at radius 3 is 2.83 bits per heavy atom. The number of carbonyl (C=O) groups excluding carboxylic acids is 1. The summed E-state index contributed by atoms with van der Waals surface area (Å²) in [6.45, 7) is 1.59. The largest absolute Gasteiger partial charge is 0.350 e. The Kier molecular flexibility index (Phi) is 3.90. The third-order valence-corrected chi connectivity index (χ3v) is 5.13. The zero-order valence-corrected chi connectivity index (χ0v) is 13.3. The highest BCUT2D eigenvalue weighted by molar-refractivity contribution is 5.93. The maximum atomic E-state index is 12.9. The monoisotopic (exact) mass is 310 g/mol. The minimum atomic E-state index is 0.0290. The number of likely N-dealkylation sites (tertiary alicyclic amines) is 1. The highest BCUT2D eigenvalue weighted by Gasteiger charge is 2.31. The number of carbonyl (C=O) groups is 1. The lowest BCUT2D eigenvalue weighted by Crippen LogP contribution is -2.39. The predicted octanol–water partition coefficient (Wildman–Crippen LogP) is 3.57. The van der Waals surface area contributed by atoms with Gasteiger partial charge in [-0.15, -0.1) is 0 Å². The van der Waals surface area contributed by atoms with Crippen LogP contribution in [0.15, 0.2) is 34.9 Å². The van der Waals surface area contributed by atoms with Crippen molar-refractivity contribution < 1.29 is 9.32 Å². The summed E-state index contributed by atoms with van der Waals surface area (Å²) in [5, 5.41) is 4.13. The van der Waals surface area contributed by atoms with Crippen LogP contribution in [0.25, 0.3) is 0 Å². The number of amides is 1. The lowest BCUT2D eigenvalue weighted by atomic mass is 9.90. The molecule has 4 nitrogen and oxygen atoms in total. The highest BCUT2D eigenvalue weighted by Crippen LogP contribution is 2.30. The molecule has 0 N–H and O–H groups in total. The fourth-order valence-electron chi connectivity index (χ4n) is 3.86. The molecule has 4 rings (SSSR count). The van der Waals surface area contributed by atoms with Crippen LogP contribution in [0.2, 0.25) is 0 Å². The second-order valence-corrected chi connectivity index (χ2v) is 6.65. The molecule has 0 radical (unpaired) electrons. The van der Waals surface area contributed by atoms with E-state index >= 15 is 0 Å². The van der Waals surface area contributed by atoms with Crippen molar-refractivity contribution in [3.63, 3.8) is 0 Å². The molecule has 1 fully saturated rings. The van der Waals surface area contributed by atoms with Crippen molar-refractivity contribution in [2.45, 2.75) is 44.4 Å². The number of aromatic nitrogens is 1. The van der Waals surface area contributed by atoms with Crippen molar-refractivity contribution in [1.82, 2.24) is 10.1 Å². The Morgan fingerprint density at radius 2 is 1.96 bits per heavy atom.